The quantitative estimate of drug-likeness (QED) is 0.912. The van der Waals surface area contributed by atoms with Gasteiger partial charge in [0.15, 0.2) is 0 Å². The summed E-state index contributed by atoms with van der Waals surface area (Å²) < 4.78 is 5.92. The van der Waals surface area contributed by atoms with Crippen molar-refractivity contribution in [2.24, 2.45) is 0 Å². The van der Waals surface area contributed by atoms with Crippen LogP contribution in [0.1, 0.15) is 36.3 Å². The topological polar surface area (TPSA) is 31.6 Å². The van der Waals surface area contributed by atoms with Gasteiger partial charge in [0.25, 0.3) is 0 Å². The monoisotopic (exact) mass is 277 g/mol. The zero-order chi connectivity index (χ0) is 14.1. The number of furan rings is 1. The minimum atomic E-state index is 0.746. The Morgan fingerprint density at radius 2 is 2.10 bits per heavy atom. The van der Waals surface area contributed by atoms with Gasteiger partial charge in [0.2, 0.25) is 0 Å². The molecule has 2 bridgehead atoms. The van der Waals surface area contributed by atoms with Crippen molar-refractivity contribution in [3.05, 3.63) is 23.2 Å². The second-order valence-corrected chi connectivity index (χ2v) is 6.40. The molecule has 1 aromatic rings. The molecule has 3 heterocycles. The van der Waals surface area contributed by atoms with Gasteiger partial charge in [0.1, 0.15) is 11.5 Å². The second-order valence-electron chi connectivity index (χ2n) is 6.40. The van der Waals surface area contributed by atoms with Crippen molar-refractivity contribution in [3.8, 4) is 0 Å². The van der Waals surface area contributed by atoms with Crippen LogP contribution >= 0.6 is 0 Å². The molecular formula is C16H27N3O. The van der Waals surface area contributed by atoms with E-state index in [1.54, 1.807) is 0 Å². The van der Waals surface area contributed by atoms with Crippen molar-refractivity contribution in [2.45, 2.75) is 51.4 Å². The minimum Gasteiger partial charge on any atom is -0.465 e. The van der Waals surface area contributed by atoms with Crippen molar-refractivity contribution in [1.82, 2.24) is 15.1 Å². The number of aryl methyl sites for hydroxylation is 1. The summed E-state index contributed by atoms with van der Waals surface area (Å²) in [6, 6.07) is 3.78. The molecule has 0 aliphatic carbocycles. The molecule has 20 heavy (non-hydrogen) atoms. The Balaban J connectivity index is 1.64. The van der Waals surface area contributed by atoms with Crippen molar-refractivity contribution in [2.75, 3.05) is 27.2 Å². The lowest BCUT2D eigenvalue weighted by atomic mass is 10.1. The Bertz CT molecular complexity index is 457. The smallest absolute Gasteiger partial charge is 0.118 e. The maximum absolute atomic E-state index is 5.92. The van der Waals surface area contributed by atoms with E-state index in [1.807, 2.05) is 7.05 Å². The second kappa shape index (κ2) is 5.88. The Morgan fingerprint density at radius 1 is 1.30 bits per heavy atom. The first-order valence-electron chi connectivity index (χ1n) is 7.84. The standard InChI is InChI=1S/C16H27N3O/c1-12-13(9-17-2)8-16(20-12)11-19-7-6-14-4-5-15(10-19)18(14)3/h8,14-15,17H,4-7,9-11H2,1-3H3. The van der Waals surface area contributed by atoms with Crippen molar-refractivity contribution in [3.63, 3.8) is 0 Å². The van der Waals surface area contributed by atoms with E-state index in [0.29, 0.717) is 0 Å². The van der Waals surface area contributed by atoms with E-state index in [0.717, 1.165) is 36.7 Å². The van der Waals surface area contributed by atoms with Crippen LogP contribution in [0.3, 0.4) is 0 Å². The summed E-state index contributed by atoms with van der Waals surface area (Å²) in [6.07, 6.45) is 4.05. The van der Waals surface area contributed by atoms with Gasteiger partial charge in [0.05, 0.1) is 6.54 Å². The summed E-state index contributed by atoms with van der Waals surface area (Å²) in [5, 5.41) is 3.20. The maximum atomic E-state index is 5.92. The third-order valence-electron chi connectivity index (χ3n) is 5.05. The summed E-state index contributed by atoms with van der Waals surface area (Å²) in [5.41, 5.74) is 1.29. The van der Waals surface area contributed by atoms with Gasteiger partial charge < -0.3 is 9.73 Å². The Morgan fingerprint density at radius 3 is 2.90 bits per heavy atom. The Hall–Kier alpha value is -0.840. The molecule has 0 aromatic carbocycles. The van der Waals surface area contributed by atoms with E-state index in [-0.39, 0.29) is 0 Å². The summed E-state index contributed by atoms with van der Waals surface area (Å²) in [6.45, 7) is 6.31. The molecule has 0 radical (unpaired) electrons. The van der Waals surface area contributed by atoms with Crippen LogP contribution in [0.2, 0.25) is 0 Å². The van der Waals surface area contributed by atoms with E-state index in [4.69, 9.17) is 4.42 Å². The fourth-order valence-electron chi connectivity index (χ4n) is 3.77. The van der Waals surface area contributed by atoms with Crippen LogP contribution in [-0.4, -0.2) is 49.1 Å². The highest BCUT2D eigenvalue weighted by Crippen LogP contribution is 2.29. The fourth-order valence-corrected chi connectivity index (χ4v) is 3.77. The maximum Gasteiger partial charge on any atom is 0.118 e. The molecule has 2 saturated heterocycles. The summed E-state index contributed by atoms with van der Waals surface area (Å²) >= 11 is 0. The third kappa shape index (κ3) is 2.78. The SMILES string of the molecule is CNCc1cc(CN2CCC3CCC(C2)N3C)oc1C. The van der Waals surface area contributed by atoms with Gasteiger partial charge in [-0.15, -0.1) is 0 Å². The molecule has 2 atom stereocenters. The molecule has 3 rings (SSSR count). The first-order valence-corrected chi connectivity index (χ1v) is 7.84. The molecule has 2 unspecified atom stereocenters. The van der Waals surface area contributed by atoms with E-state index in [1.165, 1.54) is 37.9 Å². The highest BCUT2D eigenvalue weighted by Gasteiger charge is 2.34. The molecular weight excluding hydrogens is 250 g/mol. The van der Waals surface area contributed by atoms with Gasteiger partial charge in [-0.25, -0.2) is 0 Å². The number of nitrogens with one attached hydrogen (secondary N) is 1. The highest BCUT2D eigenvalue weighted by atomic mass is 16.3. The summed E-state index contributed by atoms with van der Waals surface area (Å²) in [5.74, 6) is 2.18. The average Bonchev–Trinajstić information content (AvgIpc) is 2.85. The molecule has 2 aliphatic heterocycles. The van der Waals surface area contributed by atoms with Crippen molar-refractivity contribution in [1.29, 1.82) is 0 Å². The van der Waals surface area contributed by atoms with Gasteiger partial charge in [-0.1, -0.05) is 0 Å². The lowest BCUT2D eigenvalue weighted by Gasteiger charge is -2.24. The molecule has 4 heteroatoms. The molecule has 2 fully saturated rings. The lowest BCUT2D eigenvalue weighted by molar-refractivity contribution is 0.204. The summed E-state index contributed by atoms with van der Waals surface area (Å²) in [7, 11) is 4.28. The number of rotatable bonds is 4. The van der Waals surface area contributed by atoms with Crippen molar-refractivity contribution >= 4 is 0 Å². The predicted molar refractivity (Wildman–Crippen MR) is 80.7 cm³/mol. The average molecular weight is 277 g/mol. The molecule has 1 N–H and O–H groups in total. The lowest BCUT2D eigenvalue weighted by Crippen LogP contribution is -2.36. The number of fused-ring (bicyclic) bond motifs is 2. The van der Waals surface area contributed by atoms with Gasteiger partial charge in [0, 0.05) is 37.3 Å². The van der Waals surface area contributed by atoms with Crippen LogP contribution in [0.4, 0.5) is 0 Å². The molecule has 0 amide bonds. The van der Waals surface area contributed by atoms with Crippen LogP contribution in [0.15, 0.2) is 10.5 Å². The molecule has 0 saturated carbocycles. The van der Waals surface area contributed by atoms with Crippen LogP contribution < -0.4 is 5.32 Å². The first kappa shape index (κ1) is 14.1. The fraction of sp³-hybridized carbons (Fsp3) is 0.750. The zero-order valence-corrected chi connectivity index (χ0v) is 13.0. The van der Waals surface area contributed by atoms with Crippen LogP contribution in [0.25, 0.3) is 0 Å². The van der Waals surface area contributed by atoms with Gasteiger partial charge >= 0.3 is 0 Å². The molecule has 0 spiro atoms. The summed E-state index contributed by atoms with van der Waals surface area (Å²) in [4.78, 5) is 5.17. The van der Waals surface area contributed by atoms with E-state index >= 15 is 0 Å². The Labute approximate surface area is 122 Å². The molecule has 112 valence electrons. The van der Waals surface area contributed by atoms with Gasteiger partial charge in [-0.05, 0) is 46.3 Å². The zero-order valence-electron chi connectivity index (χ0n) is 13.0. The number of likely N-dealkylation sites (tertiary alicyclic amines) is 1. The highest BCUT2D eigenvalue weighted by molar-refractivity contribution is 5.20. The third-order valence-corrected chi connectivity index (χ3v) is 5.05. The van der Waals surface area contributed by atoms with Gasteiger partial charge in [-0.3, -0.25) is 9.80 Å². The van der Waals surface area contributed by atoms with E-state index < -0.39 is 0 Å². The molecule has 1 aromatic heterocycles. The number of nitrogens with zero attached hydrogens (tertiary/aromatic N) is 2. The van der Waals surface area contributed by atoms with E-state index in [9.17, 15) is 0 Å². The van der Waals surface area contributed by atoms with Crippen LogP contribution in [0.5, 0.6) is 0 Å². The normalized spacial score (nSPS) is 27.9. The van der Waals surface area contributed by atoms with Crippen molar-refractivity contribution < 1.29 is 4.42 Å². The predicted octanol–water partition coefficient (Wildman–Crippen LogP) is 1.98. The van der Waals surface area contributed by atoms with Crippen LogP contribution in [0, 0.1) is 6.92 Å². The molecule has 2 aliphatic rings. The minimum absolute atomic E-state index is 0.746. The Kier molecular flexibility index (Phi) is 4.15. The molecule has 4 nitrogen and oxygen atoms in total. The number of likely N-dealkylation sites (N-methyl/N-ethyl adjacent to an activating group) is 1. The number of hydrogen-bond donors (Lipinski definition) is 1. The largest absolute Gasteiger partial charge is 0.465 e. The van der Waals surface area contributed by atoms with E-state index in [2.05, 4.69) is 35.2 Å². The van der Waals surface area contributed by atoms with Crippen LogP contribution in [-0.2, 0) is 13.1 Å². The first-order chi connectivity index (χ1) is 9.67. The van der Waals surface area contributed by atoms with Gasteiger partial charge in [-0.2, -0.15) is 0 Å². The number of hydrogen-bond acceptors (Lipinski definition) is 4.